The summed E-state index contributed by atoms with van der Waals surface area (Å²) >= 11 is 1.32. The van der Waals surface area contributed by atoms with Gasteiger partial charge in [-0.15, -0.1) is 10.2 Å². The molecule has 0 saturated carbocycles. The highest BCUT2D eigenvalue weighted by atomic mass is 32.2. The summed E-state index contributed by atoms with van der Waals surface area (Å²) < 4.78 is 33.1. The molecule has 0 radical (unpaired) electrons. The Labute approximate surface area is 223 Å². The van der Waals surface area contributed by atoms with Crippen molar-refractivity contribution in [2.45, 2.75) is 29.4 Å². The van der Waals surface area contributed by atoms with Gasteiger partial charge in [0.1, 0.15) is 0 Å². The molecule has 4 aromatic rings. The molecule has 3 heterocycles. The molecule has 2 aliphatic heterocycles. The van der Waals surface area contributed by atoms with Crippen LogP contribution in [0.4, 0.5) is 0 Å². The van der Waals surface area contributed by atoms with Gasteiger partial charge in [0.25, 0.3) is 17.0 Å². The number of sulfonamides is 1. The number of thioether (sulfide) groups is 1. The molecule has 0 N–H and O–H groups in total. The van der Waals surface area contributed by atoms with Crippen molar-refractivity contribution in [1.29, 1.82) is 0 Å². The zero-order valence-electron chi connectivity index (χ0n) is 20.4. The van der Waals surface area contributed by atoms with Crippen LogP contribution in [-0.4, -0.2) is 65.0 Å². The average molecular weight is 549 g/mol. The molecule has 194 valence electrons. The second kappa shape index (κ2) is 9.97. The number of rotatable bonds is 8. The van der Waals surface area contributed by atoms with E-state index in [4.69, 9.17) is 4.42 Å². The van der Waals surface area contributed by atoms with Gasteiger partial charge in [0.15, 0.2) is 0 Å². The summed E-state index contributed by atoms with van der Waals surface area (Å²) in [4.78, 5) is 27.6. The van der Waals surface area contributed by atoms with E-state index in [1.165, 1.54) is 21.0 Å². The van der Waals surface area contributed by atoms with Crippen LogP contribution in [0.2, 0.25) is 0 Å². The van der Waals surface area contributed by atoms with Crippen molar-refractivity contribution in [1.82, 2.24) is 19.4 Å². The van der Waals surface area contributed by atoms with E-state index < -0.39 is 10.0 Å². The Kier molecular flexibility index (Phi) is 6.50. The summed E-state index contributed by atoms with van der Waals surface area (Å²) in [6.45, 7) is 1.34. The highest BCUT2D eigenvalue weighted by Gasteiger charge is 2.32. The number of amides is 2. The van der Waals surface area contributed by atoms with Crippen LogP contribution >= 0.6 is 11.8 Å². The normalized spacial score (nSPS) is 16.1. The first-order chi connectivity index (χ1) is 18.4. The van der Waals surface area contributed by atoms with Crippen LogP contribution in [0.3, 0.4) is 0 Å². The molecular weight excluding hydrogens is 524 g/mol. The highest BCUT2D eigenvalue weighted by molar-refractivity contribution is 7.99. The van der Waals surface area contributed by atoms with Crippen LogP contribution in [0, 0.1) is 0 Å². The van der Waals surface area contributed by atoms with Crippen molar-refractivity contribution in [2.24, 2.45) is 0 Å². The Balaban J connectivity index is 1.09. The number of carbonyl (C=O) groups excluding carboxylic acids is 2. The lowest BCUT2D eigenvalue weighted by Crippen LogP contribution is -2.41. The molecule has 0 aliphatic carbocycles. The summed E-state index contributed by atoms with van der Waals surface area (Å²) in [5, 5.41) is 10.1. The number of hydrogen-bond acceptors (Lipinski definition) is 8. The van der Waals surface area contributed by atoms with Crippen molar-refractivity contribution in [2.75, 3.05) is 25.4 Å². The second-order valence-corrected chi connectivity index (χ2v) is 12.2. The topological polar surface area (TPSA) is 114 Å². The van der Waals surface area contributed by atoms with Crippen molar-refractivity contribution in [3.63, 3.8) is 0 Å². The molecule has 0 bridgehead atoms. The standard InChI is InChI=1S/C27H24N4O5S2/c32-25-21-11-4-7-18-8-5-12-22(23(18)21)26(33)31(25)15-6-16-37-27-29-28-24(36-27)19-9-3-10-20(17-19)38(34,35)30-13-1-2-14-30/h3-5,7-12,17H,1-2,6,13-16H2. The number of imide groups is 1. The minimum Gasteiger partial charge on any atom is -0.411 e. The maximum atomic E-state index is 13.0. The van der Waals surface area contributed by atoms with Crippen LogP contribution < -0.4 is 0 Å². The lowest BCUT2D eigenvalue weighted by atomic mass is 9.94. The predicted octanol–water partition coefficient (Wildman–Crippen LogP) is 4.45. The molecule has 0 spiro atoms. The largest absolute Gasteiger partial charge is 0.411 e. The number of aromatic nitrogens is 2. The first-order valence-corrected chi connectivity index (χ1v) is 14.8. The van der Waals surface area contributed by atoms with E-state index in [9.17, 15) is 18.0 Å². The Morgan fingerprint density at radius 3 is 2.29 bits per heavy atom. The van der Waals surface area contributed by atoms with Gasteiger partial charge in [-0.2, -0.15) is 4.31 Å². The highest BCUT2D eigenvalue weighted by Crippen LogP contribution is 2.31. The van der Waals surface area contributed by atoms with Gasteiger partial charge in [0.2, 0.25) is 15.9 Å². The molecule has 1 saturated heterocycles. The van der Waals surface area contributed by atoms with Gasteiger partial charge < -0.3 is 4.42 Å². The van der Waals surface area contributed by atoms with Crippen LogP contribution in [0.1, 0.15) is 40.0 Å². The lowest BCUT2D eigenvalue weighted by Gasteiger charge is -2.27. The van der Waals surface area contributed by atoms with E-state index in [1.807, 2.05) is 24.3 Å². The Bertz CT molecular complexity index is 1610. The third-order valence-corrected chi connectivity index (χ3v) is 9.60. The molecule has 1 fully saturated rings. The molecule has 2 amide bonds. The van der Waals surface area contributed by atoms with Crippen molar-refractivity contribution >= 4 is 44.4 Å². The Hall–Kier alpha value is -3.54. The number of benzene rings is 3. The summed E-state index contributed by atoms with van der Waals surface area (Å²) in [5.74, 6) is 0.215. The molecule has 3 aromatic carbocycles. The quantitative estimate of drug-likeness (QED) is 0.180. The van der Waals surface area contributed by atoms with Crippen molar-refractivity contribution in [3.05, 3.63) is 71.8 Å². The zero-order chi connectivity index (χ0) is 26.3. The molecule has 38 heavy (non-hydrogen) atoms. The molecule has 1 aromatic heterocycles. The summed E-state index contributed by atoms with van der Waals surface area (Å²) in [6.07, 6.45) is 2.28. The molecule has 0 atom stereocenters. The third-order valence-electron chi connectivity index (χ3n) is 6.80. The van der Waals surface area contributed by atoms with Gasteiger partial charge in [-0.1, -0.05) is 42.1 Å². The van der Waals surface area contributed by atoms with Crippen molar-refractivity contribution < 1.29 is 22.4 Å². The fourth-order valence-electron chi connectivity index (χ4n) is 4.92. The van der Waals surface area contributed by atoms with Crippen LogP contribution in [0.15, 0.2) is 75.2 Å². The van der Waals surface area contributed by atoms with E-state index in [2.05, 4.69) is 10.2 Å². The van der Waals surface area contributed by atoms with E-state index in [1.54, 1.807) is 36.4 Å². The first-order valence-electron chi connectivity index (χ1n) is 12.4. The van der Waals surface area contributed by atoms with Crippen LogP contribution in [0.5, 0.6) is 0 Å². The predicted molar refractivity (Wildman–Crippen MR) is 142 cm³/mol. The van der Waals surface area contributed by atoms with E-state index in [0.717, 1.165) is 18.2 Å². The van der Waals surface area contributed by atoms with Crippen LogP contribution in [-0.2, 0) is 10.0 Å². The van der Waals surface area contributed by atoms with E-state index >= 15 is 0 Å². The van der Waals surface area contributed by atoms with Gasteiger partial charge in [-0.05, 0) is 55.0 Å². The number of carbonyl (C=O) groups is 2. The lowest BCUT2D eigenvalue weighted by molar-refractivity contribution is 0.0611. The smallest absolute Gasteiger partial charge is 0.276 e. The van der Waals surface area contributed by atoms with Gasteiger partial charge in [0, 0.05) is 47.5 Å². The summed E-state index contributed by atoms with van der Waals surface area (Å²) in [7, 11) is -3.55. The number of nitrogens with zero attached hydrogens (tertiary/aromatic N) is 4. The molecule has 9 nitrogen and oxygen atoms in total. The van der Waals surface area contributed by atoms with Gasteiger partial charge >= 0.3 is 0 Å². The summed E-state index contributed by atoms with van der Waals surface area (Å²) in [5.41, 5.74) is 1.61. The monoisotopic (exact) mass is 548 g/mol. The first kappa shape index (κ1) is 24.8. The molecule has 0 unspecified atom stereocenters. The molecule has 6 rings (SSSR count). The Morgan fingerprint density at radius 2 is 1.58 bits per heavy atom. The molecule has 2 aliphatic rings. The molecule has 11 heteroatoms. The van der Waals surface area contributed by atoms with E-state index in [0.29, 0.717) is 52.6 Å². The third kappa shape index (κ3) is 4.40. The SMILES string of the molecule is O=C1c2cccc3cccc(c23)C(=O)N1CCCSc1nnc(-c2cccc(S(=O)(=O)N3CCCC3)c2)o1. The van der Waals surface area contributed by atoms with Gasteiger partial charge in [0.05, 0.1) is 4.90 Å². The second-order valence-electron chi connectivity index (χ2n) is 9.19. The maximum Gasteiger partial charge on any atom is 0.276 e. The fourth-order valence-corrected chi connectivity index (χ4v) is 7.17. The molecular formula is C27H24N4O5S2. The van der Waals surface area contributed by atoms with E-state index in [-0.39, 0.29) is 29.1 Å². The van der Waals surface area contributed by atoms with Gasteiger partial charge in [-0.3, -0.25) is 14.5 Å². The van der Waals surface area contributed by atoms with Crippen LogP contribution in [0.25, 0.3) is 22.2 Å². The van der Waals surface area contributed by atoms with Crippen molar-refractivity contribution in [3.8, 4) is 11.5 Å². The average Bonchev–Trinajstić information content (AvgIpc) is 3.65. The maximum absolute atomic E-state index is 13.0. The van der Waals surface area contributed by atoms with Gasteiger partial charge in [-0.25, -0.2) is 8.42 Å². The minimum atomic E-state index is -3.55. The zero-order valence-corrected chi connectivity index (χ0v) is 22.0. The minimum absolute atomic E-state index is 0.206. The fraction of sp³-hybridized carbons (Fsp3) is 0.259. The summed E-state index contributed by atoms with van der Waals surface area (Å²) in [6, 6.07) is 17.5. The number of hydrogen-bond donors (Lipinski definition) is 0. The Morgan fingerprint density at radius 1 is 0.895 bits per heavy atom.